The first kappa shape index (κ1) is 25.3. The van der Waals surface area contributed by atoms with Crippen LogP contribution in [0.2, 0.25) is 0 Å². The molecule has 2 N–H and O–H groups in total. The molecule has 1 aliphatic rings. The summed E-state index contributed by atoms with van der Waals surface area (Å²) in [6, 6.07) is 7.78. The lowest BCUT2D eigenvalue weighted by Crippen LogP contribution is -2.29. The van der Waals surface area contributed by atoms with Gasteiger partial charge in [0.2, 0.25) is 0 Å². The Kier molecular flexibility index (Phi) is 8.19. The first-order valence-electron chi connectivity index (χ1n) is 12.7. The molecule has 3 atom stereocenters. The molecule has 0 radical (unpaired) electrons. The number of nitrogens with one attached hydrogen (secondary N) is 1. The molecule has 3 aromatic rings. The maximum absolute atomic E-state index is 10.0. The molecule has 0 saturated heterocycles. The Hall–Kier alpha value is -2.77. The van der Waals surface area contributed by atoms with Gasteiger partial charge < -0.3 is 19.7 Å². The van der Waals surface area contributed by atoms with E-state index in [2.05, 4.69) is 24.3 Å². The van der Waals surface area contributed by atoms with Gasteiger partial charge in [0.05, 0.1) is 17.0 Å². The van der Waals surface area contributed by atoms with Crippen LogP contribution in [-0.4, -0.2) is 46.5 Å². The highest BCUT2D eigenvalue weighted by Gasteiger charge is 2.26. The largest absolute Gasteiger partial charge is 0.491 e. The van der Waals surface area contributed by atoms with Gasteiger partial charge in [-0.25, -0.2) is 9.97 Å². The number of aryl methyl sites for hydroxylation is 2. The van der Waals surface area contributed by atoms with E-state index in [1.54, 1.807) is 7.05 Å². The Morgan fingerprint density at radius 3 is 2.69 bits per heavy atom. The summed E-state index contributed by atoms with van der Waals surface area (Å²) in [7, 11) is 1.81. The average Bonchev–Trinajstić information content (AvgIpc) is 3.18. The summed E-state index contributed by atoms with van der Waals surface area (Å²) < 4.78 is 11.3. The van der Waals surface area contributed by atoms with Crippen molar-refractivity contribution in [3.05, 3.63) is 47.0 Å². The highest BCUT2D eigenvalue weighted by atomic mass is 16.5. The lowest BCUT2D eigenvalue weighted by molar-refractivity contribution is 0.108. The highest BCUT2D eigenvalue weighted by Crippen LogP contribution is 2.36. The number of hydrogen-bond donors (Lipinski definition) is 2. The quantitative estimate of drug-likeness (QED) is 0.444. The van der Waals surface area contributed by atoms with Gasteiger partial charge in [0, 0.05) is 17.8 Å². The molecule has 2 aromatic heterocycles. The summed E-state index contributed by atoms with van der Waals surface area (Å²) in [5, 5.41) is 17.1. The van der Waals surface area contributed by atoms with E-state index in [9.17, 15) is 5.11 Å². The van der Waals surface area contributed by atoms with Gasteiger partial charge in [-0.15, -0.1) is 0 Å². The number of aromatic nitrogens is 3. The fraction of sp³-hybridized carbons (Fsp3) is 0.536. The molecule has 4 rings (SSSR count). The summed E-state index contributed by atoms with van der Waals surface area (Å²) >= 11 is 0. The van der Waals surface area contributed by atoms with Gasteiger partial charge in [0.1, 0.15) is 24.2 Å². The van der Waals surface area contributed by atoms with Gasteiger partial charge >= 0.3 is 0 Å². The molecule has 0 aliphatic heterocycles. The van der Waals surface area contributed by atoms with Crippen LogP contribution in [0.5, 0.6) is 5.75 Å². The van der Waals surface area contributed by atoms with Crippen LogP contribution in [0.3, 0.4) is 0 Å². The van der Waals surface area contributed by atoms with Crippen LogP contribution in [-0.2, 0) is 6.42 Å². The van der Waals surface area contributed by atoms with Crippen molar-refractivity contribution < 1.29 is 14.4 Å². The number of rotatable bonds is 9. The van der Waals surface area contributed by atoms with E-state index >= 15 is 0 Å². The molecule has 188 valence electrons. The normalized spacial score (nSPS) is 19.0. The summed E-state index contributed by atoms with van der Waals surface area (Å²) in [6.45, 7) is 9.08. The van der Waals surface area contributed by atoms with Crippen molar-refractivity contribution in [1.29, 1.82) is 0 Å². The molecule has 0 bridgehead atoms. The predicted molar refractivity (Wildman–Crippen MR) is 137 cm³/mol. The Morgan fingerprint density at radius 1 is 1.17 bits per heavy atom. The van der Waals surface area contributed by atoms with E-state index in [4.69, 9.17) is 19.2 Å². The lowest BCUT2D eigenvalue weighted by Gasteiger charge is -2.29. The van der Waals surface area contributed by atoms with Gasteiger partial charge in [-0.2, -0.15) is 0 Å². The van der Waals surface area contributed by atoms with E-state index in [1.165, 1.54) is 25.7 Å². The molecule has 1 aromatic carbocycles. The topological polar surface area (TPSA) is 93.3 Å². The smallest absolute Gasteiger partial charge is 0.160 e. The summed E-state index contributed by atoms with van der Waals surface area (Å²) in [4.78, 5) is 10.1. The van der Waals surface area contributed by atoms with Crippen LogP contribution in [0.1, 0.15) is 55.3 Å². The fourth-order valence-corrected chi connectivity index (χ4v) is 5.11. The maximum Gasteiger partial charge on any atom is 0.160 e. The molecular weight excluding hydrogens is 440 g/mol. The minimum atomic E-state index is -0.575. The van der Waals surface area contributed by atoms with Gasteiger partial charge in [-0.3, -0.25) is 0 Å². The maximum atomic E-state index is 10.0. The second kappa shape index (κ2) is 11.3. The molecule has 1 saturated carbocycles. The van der Waals surface area contributed by atoms with Crippen molar-refractivity contribution >= 4 is 0 Å². The monoisotopic (exact) mass is 478 g/mol. The van der Waals surface area contributed by atoms with Crippen LogP contribution in [0.4, 0.5) is 0 Å². The number of nitrogens with zero attached hydrogens (tertiary/aromatic N) is 3. The van der Waals surface area contributed by atoms with Crippen LogP contribution < -0.4 is 10.1 Å². The molecule has 7 nitrogen and oxygen atoms in total. The molecule has 1 fully saturated rings. The highest BCUT2D eigenvalue weighted by molar-refractivity contribution is 5.71. The van der Waals surface area contributed by atoms with Crippen LogP contribution >= 0.6 is 0 Å². The van der Waals surface area contributed by atoms with Gasteiger partial charge in [0.25, 0.3) is 0 Å². The fourth-order valence-electron chi connectivity index (χ4n) is 5.11. The van der Waals surface area contributed by atoms with Crippen LogP contribution in [0.25, 0.3) is 22.6 Å². The van der Waals surface area contributed by atoms with E-state index in [0.717, 1.165) is 46.0 Å². The first-order chi connectivity index (χ1) is 16.9. The second-order valence-corrected chi connectivity index (χ2v) is 9.94. The molecule has 0 amide bonds. The predicted octanol–water partition coefficient (Wildman–Crippen LogP) is 5.05. The number of likely N-dealkylation sites (N-methyl/N-ethyl adjacent to an activating group) is 1. The summed E-state index contributed by atoms with van der Waals surface area (Å²) in [5.41, 5.74) is 5.76. The number of aliphatic hydroxyl groups excluding tert-OH is 1. The summed E-state index contributed by atoms with van der Waals surface area (Å²) in [5.74, 6) is 3.45. The number of ether oxygens (including phenoxy) is 1. The molecule has 35 heavy (non-hydrogen) atoms. The van der Waals surface area contributed by atoms with Crippen molar-refractivity contribution in [3.8, 4) is 28.4 Å². The SMILES string of the molecule is CNCC(O)COc1cccc(-c2nc(CC3CCCCC3C)c(C)c(-c3c(C)noc3C)n2)c1. The third kappa shape index (κ3) is 5.90. The van der Waals surface area contributed by atoms with E-state index in [-0.39, 0.29) is 6.61 Å². The zero-order valence-corrected chi connectivity index (χ0v) is 21.6. The van der Waals surface area contributed by atoms with Crippen molar-refractivity contribution in [2.75, 3.05) is 20.2 Å². The molecule has 1 aliphatic carbocycles. The minimum Gasteiger partial charge on any atom is -0.491 e. The van der Waals surface area contributed by atoms with Crippen molar-refractivity contribution in [2.45, 2.75) is 65.9 Å². The van der Waals surface area contributed by atoms with Crippen LogP contribution in [0, 0.1) is 32.6 Å². The molecule has 7 heteroatoms. The molecule has 0 spiro atoms. The Balaban J connectivity index is 1.73. The average molecular weight is 479 g/mol. The molecule has 2 heterocycles. The van der Waals surface area contributed by atoms with Crippen LogP contribution in [0.15, 0.2) is 28.8 Å². The minimum absolute atomic E-state index is 0.216. The van der Waals surface area contributed by atoms with Gasteiger partial charge in [-0.1, -0.05) is 43.5 Å². The standard InChI is InChI=1S/C28H38N4O3/c1-17-9-6-7-10-21(17)14-25-18(2)27(26-19(3)32-35-20(26)4)31-28(30-25)22-11-8-12-24(13-22)34-16-23(33)15-29-5/h8,11-13,17,21,23,29,33H,6-7,9-10,14-16H2,1-5H3. The zero-order chi connectivity index (χ0) is 24.9. The number of hydrogen-bond acceptors (Lipinski definition) is 7. The van der Waals surface area contributed by atoms with E-state index in [1.807, 2.05) is 38.1 Å². The zero-order valence-electron chi connectivity index (χ0n) is 21.6. The van der Waals surface area contributed by atoms with Gasteiger partial charge in [0.15, 0.2) is 5.82 Å². The van der Waals surface area contributed by atoms with E-state index in [0.29, 0.717) is 30.0 Å². The molecular formula is C28H38N4O3. The van der Waals surface area contributed by atoms with Crippen molar-refractivity contribution in [3.63, 3.8) is 0 Å². The van der Waals surface area contributed by atoms with Crippen molar-refractivity contribution in [1.82, 2.24) is 20.4 Å². The number of aliphatic hydroxyl groups is 1. The first-order valence-corrected chi connectivity index (χ1v) is 12.7. The number of benzene rings is 1. The van der Waals surface area contributed by atoms with Gasteiger partial charge in [-0.05, 0) is 70.2 Å². The third-order valence-corrected chi connectivity index (χ3v) is 7.24. The summed E-state index contributed by atoms with van der Waals surface area (Å²) in [6.07, 6.45) is 5.53. The Morgan fingerprint density at radius 2 is 1.97 bits per heavy atom. The van der Waals surface area contributed by atoms with Crippen molar-refractivity contribution in [2.24, 2.45) is 11.8 Å². The Labute approximate surface area is 208 Å². The third-order valence-electron chi connectivity index (χ3n) is 7.24. The lowest BCUT2D eigenvalue weighted by atomic mass is 9.77. The second-order valence-electron chi connectivity index (χ2n) is 9.94. The Bertz CT molecular complexity index is 1120. The van der Waals surface area contributed by atoms with E-state index < -0.39 is 6.10 Å². The molecule has 3 unspecified atom stereocenters.